The number of rotatable bonds is 8. The van der Waals surface area contributed by atoms with Crippen LogP contribution >= 0.6 is 0 Å². The lowest BCUT2D eigenvalue weighted by Crippen LogP contribution is -2.43. The fraction of sp³-hybridized carbons (Fsp3) is 0.769. The smallest absolute Gasteiger partial charge is 0.326 e. The minimum absolute atomic E-state index is 0.00212. The molecule has 6 N–H and O–H groups in total. The van der Waals surface area contributed by atoms with Crippen molar-refractivity contribution in [3.8, 4) is 0 Å². The Morgan fingerprint density at radius 3 is 2.20 bits per heavy atom. The van der Waals surface area contributed by atoms with E-state index in [1.807, 2.05) is 20.8 Å². The van der Waals surface area contributed by atoms with Gasteiger partial charge in [0.15, 0.2) is 0 Å². The Morgan fingerprint density at radius 2 is 1.80 bits per heavy atom. The summed E-state index contributed by atoms with van der Waals surface area (Å²) in [5.41, 5.74) is 10.8. The first-order valence-corrected chi connectivity index (χ1v) is 6.57. The SMILES string of the molecule is CC(C)(C)CC(N)CC(=O)N[C@@H](CCC(N)=O)C(=O)O. The van der Waals surface area contributed by atoms with Crippen LogP contribution in [0.25, 0.3) is 0 Å². The van der Waals surface area contributed by atoms with Crippen molar-refractivity contribution in [3.05, 3.63) is 0 Å². The van der Waals surface area contributed by atoms with E-state index in [9.17, 15) is 14.4 Å². The number of primary amides is 1. The Morgan fingerprint density at radius 1 is 1.25 bits per heavy atom. The van der Waals surface area contributed by atoms with Crippen molar-refractivity contribution in [1.29, 1.82) is 0 Å². The quantitative estimate of drug-likeness (QED) is 0.497. The Kier molecular flexibility index (Phi) is 7.20. The van der Waals surface area contributed by atoms with Gasteiger partial charge in [-0.15, -0.1) is 0 Å². The van der Waals surface area contributed by atoms with Gasteiger partial charge in [-0.05, 0) is 18.3 Å². The molecule has 7 heteroatoms. The van der Waals surface area contributed by atoms with E-state index in [0.717, 1.165) is 0 Å². The van der Waals surface area contributed by atoms with Crippen molar-refractivity contribution in [1.82, 2.24) is 5.32 Å². The van der Waals surface area contributed by atoms with Crippen molar-refractivity contribution in [2.45, 2.75) is 58.5 Å². The molecule has 0 aromatic heterocycles. The number of nitrogens with one attached hydrogen (secondary N) is 1. The van der Waals surface area contributed by atoms with Crippen LogP contribution in [0.4, 0.5) is 0 Å². The zero-order valence-electron chi connectivity index (χ0n) is 12.3. The third-order valence-corrected chi connectivity index (χ3v) is 2.63. The van der Waals surface area contributed by atoms with Gasteiger partial charge in [0.2, 0.25) is 11.8 Å². The van der Waals surface area contributed by atoms with Gasteiger partial charge < -0.3 is 21.9 Å². The highest BCUT2D eigenvalue weighted by Crippen LogP contribution is 2.20. The zero-order chi connectivity index (χ0) is 15.9. The molecule has 0 aromatic rings. The summed E-state index contributed by atoms with van der Waals surface area (Å²) in [4.78, 5) is 33.3. The van der Waals surface area contributed by atoms with E-state index < -0.39 is 23.8 Å². The van der Waals surface area contributed by atoms with Crippen LogP contribution in [0.1, 0.15) is 46.5 Å². The summed E-state index contributed by atoms with van der Waals surface area (Å²) in [5, 5.41) is 11.3. The van der Waals surface area contributed by atoms with Gasteiger partial charge in [0.1, 0.15) is 6.04 Å². The fourth-order valence-electron chi connectivity index (χ4n) is 1.89. The molecule has 0 spiro atoms. The standard InChI is InChI=1S/C13H25N3O4/c1-13(2,3)7-8(14)6-11(18)16-9(12(19)20)4-5-10(15)17/h8-9H,4-7,14H2,1-3H3,(H2,15,17)(H,16,18)(H,19,20)/t8?,9-/m0/s1. The Hall–Kier alpha value is -1.63. The van der Waals surface area contributed by atoms with Crippen molar-refractivity contribution < 1.29 is 19.5 Å². The first-order chi connectivity index (χ1) is 9.01. The van der Waals surface area contributed by atoms with Crippen LogP contribution in [0.5, 0.6) is 0 Å². The molecule has 0 saturated carbocycles. The predicted octanol–water partition coefficient (Wildman–Crippen LogP) is -0.0251. The minimum atomic E-state index is -1.19. The maximum atomic E-state index is 11.7. The summed E-state index contributed by atoms with van der Waals surface area (Å²) in [5.74, 6) is -2.22. The number of aliphatic carboxylic acids is 1. The third kappa shape index (κ3) is 9.32. The van der Waals surface area contributed by atoms with Gasteiger partial charge in [0, 0.05) is 18.9 Å². The fourth-order valence-corrected chi connectivity index (χ4v) is 1.89. The second kappa shape index (κ2) is 7.84. The summed E-state index contributed by atoms with van der Waals surface area (Å²) >= 11 is 0. The van der Waals surface area contributed by atoms with E-state index >= 15 is 0 Å². The molecule has 2 amide bonds. The number of carbonyl (C=O) groups is 3. The molecule has 0 aliphatic carbocycles. The molecule has 0 radical (unpaired) electrons. The number of hydrogen-bond acceptors (Lipinski definition) is 4. The van der Waals surface area contributed by atoms with Gasteiger partial charge in [-0.3, -0.25) is 9.59 Å². The molecule has 0 aliphatic rings. The van der Waals surface area contributed by atoms with Crippen LogP contribution in [0, 0.1) is 5.41 Å². The number of carboxylic acids is 1. The van der Waals surface area contributed by atoms with E-state index in [0.29, 0.717) is 6.42 Å². The first kappa shape index (κ1) is 18.4. The van der Waals surface area contributed by atoms with Gasteiger partial charge in [-0.1, -0.05) is 20.8 Å². The van der Waals surface area contributed by atoms with Gasteiger partial charge in [0.05, 0.1) is 0 Å². The normalized spacial score (nSPS) is 14.4. The maximum absolute atomic E-state index is 11.7. The highest BCUT2D eigenvalue weighted by molar-refractivity contribution is 5.84. The molecule has 0 heterocycles. The number of hydrogen-bond donors (Lipinski definition) is 4. The topological polar surface area (TPSA) is 136 Å². The minimum Gasteiger partial charge on any atom is -0.480 e. The molecule has 0 bridgehead atoms. The Labute approximate surface area is 119 Å². The third-order valence-electron chi connectivity index (χ3n) is 2.63. The van der Waals surface area contributed by atoms with Crippen LogP contribution in [0.2, 0.25) is 0 Å². The summed E-state index contributed by atoms with van der Waals surface area (Å²) in [6, 6.07) is -1.45. The van der Waals surface area contributed by atoms with Crippen LogP contribution in [-0.2, 0) is 14.4 Å². The molecule has 7 nitrogen and oxygen atoms in total. The lowest BCUT2D eigenvalue weighted by molar-refractivity contribution is -0.142. The Bertz CT molecular complexity index is 363. The van der Waals surface area contributed by atoms with Crippen molar-refractivity contribution in [2.24, 2.45) is 16.9 Å². The predicted molar refractivity (Wildman–Crippen MR) is 74.7 cm³/mol. The average molecular weight is 287 g/mol. The van der Waals surface area contributed by atoms with Gasteiger partial charge in [0.25, 0.3) is 0 Å². The van der Waals surface area contributed by atoms with Crippen molar-refractivity contribution in [2.75, 3.05) is 0 Å². The number of nitrogens with two attached hydrogens (primary N) is 2. The molecule has 0 fully saturated rings. The largest absolute Gasteiger partial charge is 0.480 e. The molecule has 20 heavy (non-hydrogen) atoms. The molecule has 2 atom stereocenters. The van der Waals surface area contributed by atoms with Crippen LogP contribution in [0.15, 0.2) is 0 Å². The summed E-state index contributed by atoms with van der Waals surface area (Å²) in [7, 11) is 0. The highest BCUT2D eigenvalue weighted by Gasteiger charge is 2.23. The molecule has 0 aliphatic heterocycles. The molecule has 116 valence electrons. The molecule has 0 rings (SSSR count). The highest BCUT2D eigenvalue weighted by atomic mass is 16.4. The van der Waals surface area contributed by atoms with E-state index in [4.69, 9.17) is 16.6 Å². The monoisotopic (exact) mass is 287 g/mol. The molecular weight excluding hydrogens is 262 g/mol. The maximum Gasteiger partial charge on any atom is 0.326 e. The molecule has 0 saturated heterocycles. The average Bonchev–Trinajstić information content (AvgIpc) is 2.20. The first-order valence-electron chi connectivity index (χ1n) is 6.57. The van der Waals surface area contributed by atoms with E-state index in [2.05, 4.69) is 5.32 Å². The number of carbonyl (C=O) groups excluding carboxylic acids is 2. The summed E-state index contributed by atoms with van der Waals surface area (Å²) < 4.78 is 0. The van der Waals surface area contributed by atoms with Gasteiger partial charge in [-0.2, -0.15) is 0 Å². The summed E-state index contributed by atoms with van der Waals surface area (Å²) in [6.07, 6.45) is 0.591. The van der Waals surface area contributed by atoms with Crippen LogP contribution in [-0.4, -0.2) is 35.0 Å². The Balaban J connectivity index is 4.32. The molecule has 1 unspecified atom stereocenters. The van der Waals surface area contributed by atoms with E-state index in [1.165, 1.54) is 0 Å². The molecule has 0 aromatic carbocycles. The lowest BCUT2D eigenvalue weighted by atomic mass is 9.87. The lowest BCUT2D eigenvalue weighted by Gasteiger charge is -2.23. The second-order valence-corrected chi connectivity index (χ2v) is 6.19. The van der Waals surface area contributed by atoms with Crippen LogP contribution < -0.4 is 16.8 Å². The second-order valence-electron chi connectivity index (χ2n) is 6.19. The van der Waals surface area contributed by atoms with Crippen molar-refractivity contribution >= 4 is 17.8 Å². The summed E-state index contributed by atoms with van der Waals surface area (Å²) in [6.45, 7) is 6.03. The van der Waals surface area contributed by atoms with E-state index in [1.54, 1.807) is 0 Å². The van der Waals surface area contributed by atoms with Crippen LogP contribution in [0.3, 0.4) is 0 Å². The number of carboxylic acid groups (broad SMARTS) is 1. The van der Waals surface area contributed by atoms with Gasteiger partial charge >= 0.3 is 5.97 Å². The molecular formula is C13H25N3O4. The zero-order valence-corrected chi connectivity index (χ0v) is 12.3. The van der Waals surface area contributed by atoms with Crippen molar-refractivity contribution in [3.63, 3.8) is 0 Å². The van der Waals surface area contributed by atoms with Gasteiger partial charge in [-0.25, -0.2) is 4.79 Å². The van der Waals surface area contributed by atoms with E-state index in [-0.39, 0.29) is 30.7 Å². The number of amides is 2.